The van der Waals surface area contributed by atoms with Gasteiger partial charge in [0.2, 0.25) is 11.8 Å². The quantitative estimate of drug-likeness (QED) is 0.779. The molecule has 0 N–H and O–H groups in total. The van der Waals surface area contributed by atoms with Crippen LogP contribution in [0.4, 0.5) is 24.9 Å². The molecule has 4 heterocycles. The lowest BCUT2D eigenvalue weighted by Gasteiger charge is -2.39. The number of halogens is 3. The molecule has 0 radical (unpaired) electrons. The van der Waals surface area contributed by atoms with Crippen molar-refractivity contribution in [2.45, 2.75) is 44.7 Å². The van der Waals surface area contributed by atoms with E-state index >= 15 is 0 Å². The van der Waals surface area contributed by atoms with E-state index in [9.17, 15) is 18.0 Å². The maximum Gasteiger partial charge on any atom is 0.408 e. The fraction of sp³-hybridized carbons (Fsp3) is 0.588. The smallest absolute Gasteiger partial charge is 0.408 e. The Balaban J connectivity index is 1.78. The van der Waals surface area contributed by atoms with Crippen LogP contribution in [0.2, 0.25) is 0 Å². The average Bonchev–Trinajstić information content (AvgIpc) is 3.14. The van der Waals surface area contributed by atoms with Gasteiger partial charge in [0, 0.05) is 19.2 Å². The number of nitrogens with zero attached hydrogens (tertiary/aromatic N) is 5. The van der Waals surface area contributed by atoms with E-state index in [1.807, 2.05) is 11.8 Å². The van der Waals surface area contributed by atoms with E-state index in [0.717, 1.165) is 4.90 Å². The molecule has 2 aromatic heterocycles. The maximum absolute atomic E-state index is 13.7. The first kappa shape index (κ1) is 18.8. The van der Waals surface area contributed by atoms with E-state index in [4.69, 9.17) is 9.15 Å². The molecular formula is C17H20F3N5O3. The van der Waals surface area contributed by atoms with Gasteiger partial charge in [-0.2, -0.15) is 18.2 Å². The molecule has 2 aromatic rings. The molecule has 152 valence electrons. The molecule has 4 rings (SSSR count). The average molecular weight is 399 g/mol. The Morgan fingerprint density at radius 2 is 2.14 bits per heavy atom. The van der Waals surface area contributed by atoms with Crippen molar-refractivity contribution in [3.8, 4) is 0 Å². The Labute approximate surface area is 158 Å². The van der Waals surface area contributed by atoms with Crippen LogP contribution in [0.1, 0.15) is 19.2 Å². The Hall–Kier alpha value is -2.56. The number of aromatic nitrogens is 3. The monoisotopic (exact) mass is 399 g/mol. The lowest BCUT2D eigenvalue weighted by Crippen LogP contribution is -2.52. The first-order valence-corrected chi connectivity index (χ1v) is 9.02. The Morgan fingerprint density at radius 3 is 2.82 bits per heavy atom. The van der Waals surface area contributed by atoms with Gasteiger partial charge in [-0.05, 0) is 13.3 Å². The van der Waals surface area contributed by atoms with Crippen LogP contribution in [0, 0.1) is 0 Å². The summed E-state index contributed by atoms with van der Waals surface area (Å²) in [4.78, 5) is 24.0. The number of hydrogen-bond acceptors (Lipinski definition) is 7. The predicted octanol–water partition coefficient (Wildman–Crippen LogP) is 1.80. The number of fused-ring (bicyclic) bond motifs is 1. The number of morpholine rings is 1. The molecule has 0 amide bonds. The Kier molecular flexibility index (Phi) is 4.77. The second-order valence-electron chi connectivity index (χ2n) is 6.92. The van der Waals surface area contributed by atoms with Crippen molar-refractivity contribution < 1.29 is 22.3 Å². The zero-order valence-corrected chi connectivity index (χ0v) is 15.2. The Bertz CT molecular complexity index is 883. The second-order valence-corrected chi connectivity index (χ2v) is 6.92. The summed E-state index contributed by atoms with van der Waals surface area (Å²) in [6.07, 6.45) is -2.05. The van der Waals surface area contributed by atoms with E-state index in [-0.39, 0.29) is 43.0 Å². The largest absolute Gasteiger partial charge is 0.447 e. The van der Waals surface area contributed by atoms with Crippen molar-refractivity contribution in [1.82, 2.24) is 14.5 Å². The van der Waals surface area contributed by atoms with Crippen LogP contribution in [-0.4, -0.2) is 52.6 Å². The minimum Gasteiger partial charge on any atom is -0.447 e. The third-order valence-corrected chi connectivity index (χ3v) is 5.06. The molecule has 0 bridgehead atoms. The van der Waals surface area contributed by atoms with Gasteiger partial charge in [-0.1, -0.05) is 0 Å². The summed E-state index contributed by atoms with van der Waals surface area (Å²) in [6, 6.07) is -0.433. The summed E-state index contributed by atoms with van der Waals surface area (Å²) < 4.78 is 52.9. The van der Waals surface area contributed by atoms with E-state index in [1.54, 1.807) is 0 Å². The molecule has 2 aliphatic heterocycles. The van der Waals surface area contributed by atoms with Crippen LogP contribution in [0.15, 0.2) is 27.7 Å². The van der Waals surface area contributed by atoms with E-state index in [0.29, 0.717) is 25.6 Å². The molecule has 0 aromatic carbocycles. The molecular weight excluding hydrogens is 379 g/mol. The van der Waals surface area contributed by atoms with Gasteiger partial charge in [-0.25, -0.2) is 4.98 Å². The molecule has 28 heavy (non-hydrogen) atoms. The third-order valence-electron chi connectivity index (χ3n) is 5.06. The van der Waals surface area contributed by atoms with Crippen molar-refractivity contribution >= 4 is 11.8 Å². The topological polar surface area (TPSA) is 76.6 Å². The van der Waals surface area contributed by atoms with Crippen molar-refractivity contribution in [2.75, 3.05) is 29.6 Å². The molecule has 0 spiro atoms. The Morgan fingerprint density at radius 1 is 1.32 bits per heavy atom. The molecule has 1 fully saturated rings. The highest BCUT2D eigenvalue weighted by molar-refractivity contribution is 5.47. The summed E-state index contributed by atoms with van der Waals surface area (Å²) in [7, 11) is 0. The minimum absolute atomic E-state index is 0.0204. The molecule has 2 aliphatic rings. The summed E-state index contributed by atoms with van der Waals surface area (Å²) in [5.74, 6) is 0.460. The highest BCUT2D eigenvalue weighted by atomic mass is 19.4. The van der Waals surface area contributed by atoms with E-state index < -0.39 is 12.2 Å². The SMILES string of the molecule is CC1COCCN1c1cc(=O)n2c(n1)N(Cc1ncco1)C(C(F)(F)F)CC2. The zero-order chi connectivity index (χ0) is 19.9. The minimum atomic E-state index is -4.47. The fourth-order valence-electron chi connectivity index (χ4n) is 3.67. The molecule has 8 nitrogen and oxygen atoms in total. The van der Waals surface area contributed by atoms with Gasteiger partial charge in [-0.15, -0.1) is 0 Å². The first-order chi connectivity index (χ1) is 13.3. The van der Waals surface area contributed by atoms with Crippen LogP contribution in [0.5, 0.6) is 0 Å². The second kappa shape index (κ2) is 7.12. The van der Waals surface area contributed by atoms with Gasteiger partial charge >= 0.3 is 6.18 Å². The summed E-state index contributed by atoms with van der Waals surface area (Å²) in [5, 5.41) is 0. The highest BCUT2D eigenvalue weighted by Crippen LogP contribution is 2.35. The van der Waals surface area contributed by atoms with Gasteiger partial charge in [0.15, 0.2) is 0 Å². The molecule has 2 atom stereocenters. The maximum atomic E-state index is 13.7. The highest BCUT2D eigenvalue weighted by Gasteiger charge is 2.47. The fourth-order valence-corrected chi connectivity index (χ4v) is 3.67. The molecule has 11 heteroatoms. The number of rotatable bonds is 3. The molecule has 1 saturated heterocycles. The van der Waals surface area contributed by atoms with Gasteiger partial charge in [0.1, 0.15) is 18.1 Å². The van der Waals surface area contributed by atoms with Gasteiger partial charge in [-0.3, -0.25) is 9.36 Å². The van der Waals surface area contributed by atoms with Gasteiger partial charge in [0.25, 0.3) is 5.56 Å². The number of oxazole rings is 1. The summed E-state index contributed by atoms with van der Waals surface area (Å²) in [5.41, 5.74) is -0.378. The normalized spacial score (nSPS) is 23.0. The van der Waals surface area contributed by atoms with Gasteiger partial charge in [0.05, 0.1) is 32.0 Å². The van der Waals surface area contributed by atoms with E-state index in [2.05, 4.69) is 9.97 Å². The third kappa shape index (κ3) is 3.46. The van der Waals surface area contributed by atoms with Crippen LogP contribution in [-0.2, 0) is 17.8 Å². The van der Waals surface area contributed by atoms with Crippen LogP contribution in [0.3, 0.4) is 0 Å². The number of alkyl halides is 3. The lowest BCUT2D eigenvalue weighted by atomic mass is 10.1. The number of hydrogen-bond donors (Lipinski definition) is 0. The molecule has 0 aliphatic carbocycles. The number of anilines is 2. The van der Waals surface area contributed by atoms with Crippen molar-refractivity contribution in [2.24, 2.45) is 0 Å². The van der Waals surface area contributed by atoms with Gasteiger partial charge < -0.3 is 19.0 Å². The van der Waals surface area contributed by atoms with Crippen molar-refractivity contribution in [3.05, 3.63) is 34.8 Å². The van der Waals surface area contributed by atoms with Crippen LogP contribution in [0.25, 0.3) is 0 Å². The van der Waals surface area contributed by atoms with Crippen molar-refractivity contribution in [1.29, 1.82) is 0 Å². The van der Waals surface area contributed by atoms with Crippen LogP contribution < -0.4 is 15.4 Å². The standard InChI is InChI=1S/C17H20F3N5O3/c1-11-10-27-7-5-23(11)13-8-15(26)24-4-2-12(17(18,19)20)25(16(24)22-13)9-14-21-3-6-28-14/h3,6,8,11-12H,2,4-5,7,9-10H2,1H3. The molecule has 2 unspecified atom stereocenters. The van der Waals surface area contributed by atoms with E-state index in [1.165, 1.54) is 23.1 Å². The van der Waals surface area contributed by atoms with Crippen LogP contribution >= 0.6 is 0 Å². The summed E-state index contributed by atoms with van der Waals surface area (Å²) in [6.45, 7) is 3.08. The lowest BCUT2D eigenvalue weighted by molar-refractivity contribution is -0.153. The molecule has 0 saturated carbocycles. The summed E-state index contributed by atoms with van der Waals surface area (Å²) >= 11 is 0. The zero-order valence-electron chi connectivity index (χ0n) is 15.2. The predicted molar refractivity (Wildman–Crippen MR) is 93.3 cm³/mol. The number of ether oxygens (including phenoxy) is 1. The van der Waals surface area contributed by atoms with Crippen molar-refractivity contribution in [3.63, 3.8) is 0 Å². The first-order valence-electron chi connectivity index (χ1n) is 9.02.